The summed E-state index contributed by atoms with van der Waals surface area (Å²) >= 11 is 0. The molecule has 182 valence electrons. The Hall–Kier alpha value is -2.99. The third kappa shape index (κ3) is 6.17. The molecule has 3 aromatic rings. The zero-order valence-electron chi connectivity index (χ0n) is 20.2. The lowest BCUT2D eigenvalue weighted by atomic mass is 9.96. The molecule has 0 bridgehead atoms. The van der Waals surface area contributed by atoms with Gasteiger partial charge in [0.1, 0.15) is 11.9 Å². The first-order chi connectivity index (χ1) is 17.3. The second-order valence-electron chi connectivity index (χ2n) is 9.44. The van der Waals surface area contributed by atoms with Crippen molar-refractivity contribution in [2.75, 3.05) is 32.7 Å². The maximum Gasteiger partial charge on any atom is 0.123 e. The average Bonchev–Trinajstić information content (AvgIpc) is 3.38. The fourth-order valence-electron chi connectivity index (χ4n) is 5.13. The van der Waals surface area contributed by atoms with Gasteiger partial charge in [-0.05, 0) is 72.8 Å². The Morgan fingerprint density at radius 3 is 2.06 bits per heavy atom. The Morgan fingerprint density at radius 2 is 1.43 bits per heavy atom. The average molecular weight is 472 g/mol. The van der Waals surface area contributed by atoms with Gasteiger partial charge in [-0.15, -0.1) is 0 Å². The van der Waals surface area contributed by atoms with Crippen LogP contribution in [0.25, 0.3) is 5.70 Å². The van der Waals surface area contributed by atoms with Crippen LogP contribution in [0.5, 0.6) is 0 Å². The summed E-state index contributed by atoms with van der Waals surface area (Å²) in [4.78, 5) is 10.9. The predicted molar refractivity (Wildman–Crippen MR) is 139 cm³/mol. The first-order valence-corrected chi connectivity index (χ1v) is 12.7. The Labute approximate surface area is 208 Å². The Bertz CT molecular complexity index is 1040. The highest BCUT2D eigenvalue weighted by atomic mass is 19.1. The van der Waals surface area contributed by atoms with Gasteiger partial charge in [0, 0.05) is 26.2 Å². The van der Waals surface area contributed by atoms with Crippen molar-refractivity contribution in [3.63, 3.8) is 0 Å². The number of piperazine rings is 1. The summed E-state index contributed by atoms with van der Waals surface area (Å²) in [6.07, 6.45) is 5.46. The van der Waals surface area contributed by atoms with Crippen molar-refractivity contribution in [1.82, 2.24) is 15.3 Å². The van der Waals surface area contributed by atoms with Gasteiger partial charge in [-0.2, -0.15) is 0 Å². The van der Waals surface area contributed by atoms with Gasteiger partial charge in [-0.25, -0.2) is 4.39 Å². The van der Waals surface area contributed by atoms with Crippen LogP contribution in [-0.2, 0) is 4.84 Å². The second kappa shape index (κ2) is 11.6. The molecular formula is C30H34FN3O. The smallest absolute Gasteiger partial charge is 0.123 e. The molecule has 3 aromatic carbocycles. The summed E-state index contributed by atoms with van der Waals surface area (Å²) in [6, 6.07) is 28.6. The molecule has 4 nitrogen and oxygen atoms in total. The monoisotopic (exact) mass is 471 g/mol. The van der Waals surface area contributed by atoms with Crippen LogP contribution in [0.15, 0.2) is 91.0 Å². The van der Waals surface area contributed by atoms with Crippen LogP contribution in [0.4, 0.5) is 4.39 Å². The van der Waals surface area contributed by atoms with Crippen molar-refractivity contribution in [3.05, 3.63) is 114 Å². The van der Waals surface area contributed by atoms with Gasteiger partial charge in [0.2, 0.25) is 0 Å². The van der Waals surface area contributed by atoms with Crippen molar-refractivity contribution in [1.29, 1.82) is 0 Å². The summed E-state index contributed by atoms with van der Waals surface area (Å²) in [7, 11) is 0. The highest BCUT2D eigenvalue weighted by Crippen LogP contribution is 2.29. The highest BCUT2D eigenvalue weighted by molar-refractivity contribution is 5.64. The molecule has 0 aromatic heterocycles. The number of rotatable bonds is 9. The maximum atomic E-state index is 13.1. The minimum absolute atomic E-state index is 0.0735. The number of hydroxylamine groups is 1. The predicted octanol–water partition coefficient (Wildman–Crippen LogP) is 5.65. The van der Waals surface area contributed by atoms with Crippen molar-refractivity contribution in [2.45, 2.75) is 31.4 Å². The van der Waals surface area contributed by atoms with E-state index in [1.54, 1.807) is 12.1 Å². The molecule has 0 spiro atoms. The lowest BCUT2D eigenvalue weighted by molar-refractivity contribution is 0.0443. The van der Waals surface area contributed by atoms with Gasteiger partial charge in [0.05, 0.1) is 11.7 Å². The molecule has 1 saturated heterocycles. The number of nitrogens with one attached hydrogen (secondary N) is 1. The van der Waals surface area contributed by atoms with Crippen LogP contribution in [0.3, 0.4) is 0 Å². The molecule has 5 heteroatoms. The van der Waals surface area contributed by atoms with Crippen molar-refractivity contribution in [2.24, 2.45) is 0 Å². The van der Waals surface area contributed by atoms with Gasteiger partial charge < -0.3 is 4.90 Å². The molecule has 5 rings (SSSR count). The Morgan fingerprint density at radius 1 is 0.800 bits per heavy atom. The van der Waals surface area contributed by atoms with E-state index in [4.69, 9.17) is 4.84 Å². The zero-order valence-corrected chi connectivity index (χ0v) is 20.2. The van der Waals surface area contributed by atoms with Crippen molar-refractivity contribution < 1.29 is 9.23 Å². The molecule has 1 fully saturated rings. The standard InChI is InChI=1S/C30H34FN3O/c31-27-16-14-24(15-17-27)29-23-28(35-32-29)13-7-8-18-33-19-21-34(22-20-33)30(25-9-3-1-4-10-25)26-11-5-2-6-12-26/h1-6,9-12,14-17,23,28,30,32H,7-8,13,18-22H2. The van der Waals surface area contributed by atoms with Gasteiger partial charge in [0.25, 0.3) is 0 Å². The minimum Gasteiger partial charge on any atom is -0.301 e. The van der Waals surface area contributed by atoms with Gasteiger partial charge in [-0.1, -0.05) is 60.7 Å². The summed E-state index contributed by atoms with van der Waals surface area (Å²) in [5.41, 5.74) is 7.61. The number of hydrogen-bond donors (Lipinski definition) is 1. The molecule has 35 heavy (non-hydrogen) atoms. The van der Waals surface area contributed by atoms with Crippen LogP contribution < -0.4 is 5.48 Å². The topological polar surface area (TPSA) is 27.7 Å². The first-order valence-electron chi connectivity index (χ1n) is 12.7. The lowest BCUT2D eigenvalue weighted by Gasteiger charge is -2.40. The maximum absolute atomic E-state index is 13.1. The molecule has 0 saturated carbocycles. The van der Waals surface area contributed by atoms with Gasteiger partial charge >= 0.3 is 0 Å². The van der Waals surface area contributed by atoms with Crippen LogP contribution in [0.2, 0.25) is 0 Å². The molecule has 1 N–H and O–H groups in total. The minimum atomic E-state index is -0.221. The highest BCUT2D eigenvalue weighted by Gasteiger charge is 2.26. The first kappa shape index (κ1) is 23.7. The van der Waals surface area contributed by atoms with E-state index in [1.807, 2.05) is 0 Å². The van der Waals surface area contributed by atoms with E-state index in [0.717, 1.165) is 56.8 Å². The summed E-state index contributed by atoms with van der Waals surface area (Å²) in [5, 5.41) is 0. The SMILES string of the molecule is Fc1ccc(C2=CC(CCCCN3CCN(C(c4ccccc4)c4ccccc4)CC3)ON2)cc1. The third-order valence-corrected chi connectivity index (χ3v) is 7.04. The van der Waals surface area contributed by atoms with Crippen LogP contribution >= 0.6 is 0 Å². The van der Waals surface area contributed by atoms with E-state index in [0.29, 0.717) is 6.04 Å². The molecule has 2 aliphatic heterocycles. The number of unbranched alkanes of at least 4 members (excludes halogenated alkanes) is 1. The van der Waals surface area contributed by atoms with Crippen LogP contribution in [-0.4, -0.2) is 48.6 Å². The molecule has 2 heterocycles. The second-order valence-corrected chi connectivity index (χ2v) is 9.44. The molecular weight excluding hydrogens is 437 g/mol. The number of benzene rings is 3. The molecule has 0 amide bonds. The fourth-order valence-corrected chi connectivity index (χ4v) is 5.13. The van der Waals surface area contributed by atoms with Crippen molar-refractivity contribution >= 4 is 5.70 Å². The van der Waals surface area contributed by atoms with E-state index in [1.165, 1.54) is 29.7 Å². The fraction of sp³-hybridized carbons (Fsp3) is 0.333. The van der Waals surface area contributed by atoms with Crippen LogP contribution in [0.1, 0.15) is 42.0 Å². The number of hydrogen-bond acceptors (Lipinski definition) is 4. The van der Waals surface area contributed by atoms with Crippen molar-refractivity contribution in [3.8, 4) is 0 Å². The number of halogens is 1. The Balaban J connectivity index is 1.08. The molecule has 1 unspecified atom stereocenters. The van der Waals surface area contributed by atoms with E-state index in [-0.39, 0.29) is 11.9 Å². The van der Waals surface area contributed by atoms with Crippen LogP contribution in [0, 0.1) is 5.82 Å². The van der Waals surface area contributed by atoms with E-state index >= 15 is 0 Å². The summed E-state index contributed by atoms with van der Waals surface area (Å²) < 4.78 is 13.1. The van der Waals surface area contributed by atoms with E-state index in [2.05, 4.69) is 82.0 Å². The van der Waals surface area contributed by atoms with Gasteiger partial charge in [0.15, 0.2) is 0 Å². The molecule has 0 radical (unpaired) electrons. The lowest BCUT2D eigenvalue weighted by Crippen LogP contribution is -2.48. The zero-order chi connectivity index (χ0) is 23.9. The largest absolute Gasteiger partial charge is 0.301 e. The quantitative estimate of drug-likeness (QED) is 0.408. The molecule has 1 atom stereocenters. The third-order valence-electron chi connectivity index (χ3n) is 7.04. The van der Waals surface area contributed by atoms with Gasteiger partial charge in [-0.3, -0.25) is 15.2 Å². The summed E-state index contributed by atoms with van der Waals surface area (Å²) in [5.74, 6) is -0.221. The summed E-state index contributed by atoms with van der Waals surface area (Å²) in [6.45, 7) is 5.49. The van der Waals surface area contributed by atoms with E-state index < -0.39 is 0 Å². The normalized spacial score (nSPS) is 19.0. The number of nitrogens with zero attached hydrogens (tertiary/aromatic N) is 2. The van der Waals surface area contributed by atoms with E-state index in [9.17, 15) is 4.39 Å². The molecule has 0 aliphatic carbocycles. The Kier molecular flexibility index (Phi) is 7.89. The molecule has 2 aliphatic rings.